The highest BCUT2D eigenvalue weighted by molar-refractivity contribution is 6.06. The fraction of sp³-hybridized carbons (Fsp3) is 0.800. The molecule has 0 radical (unpaired) electrons. The lowest BCUT2D eigenvalue weighted by molar-refractivity contribution is -0.146. The van der Waals surface area contributed by atoms with Gasteiger partial charge in [-0.3, -0.25) is 14.9 Å². The number of nitrogens with zero attached hydrogens (tertiary/aromatic N) is 2. The number of rotatable bonds is 2. The summed E-state index contributed by atoms with van der Waals surface area (Å²) in [5, 5.41) is 12.9. The maximum absolute atomic E-state index is 12.5. The van der Waals surface area contributed by atoms with Crippen LogP contribution in [-0.2, 0) is 9.59 Å². The van der Waals surface area contributed by atoms with Gasteiger partial charge in [0.1, 0.15) is 11.6 Å². The van der Waals surface area contributed by atoms with E-state index in [-0.39, 0.29) is 23.7 Å². The Hall–Kier alpha value is -1.63. The van der Waals surface area contributed by atoms with Crippen LogP contribution in [0.3, 0.4) is 0 Å². The zero-order chi connectivity index (χ0) is 15.7. The number of aliphatic imine (C=N–C) groups is 1. The van der Waals surface area contributed by atoms with E-state index in [1.54, 1.807) is 4.90 Å². The average molecular weight is 308 g/mol. The number of aliphatic hydroxyl groups is 1. The van der Waals surface area contributed by atoms with E-state index in [0.717, 1.165) is 25.7 Å². The van der Waals surface area contributed by atoms with E-state index in [4.69, 9.17) is 5.73 Å². The minimum atomic E-state index is -0.902. The molecule has 0 aromatic carbocycles. The highest BCUT2D eigenvalue weighted by Gasteiger charge is 2.46. The number of aliphatic hydroxyl groups excluding tert-OH is 1. The van der Waals surface area contributed by atoms with E-state index in [2.05, 4.69) is 10.3 Å². The highest BCUT2D eigenvalue weighted by atomic mass is 16.3. The quantitative estimate of drug-likeness (QED) is 0.652. The number of amides is 2. The summed E-state index contributed by atoms with van der Waals surface area (Å²) in [5.41, 5.74) is 4.76. The minimum Gasteiger partial charge on any atom is -0.383 e. The summed E-state index contributed by atoms with van der Waals surface area (Å²) in [6.45, 7) is 0.875. The average Bonchev–Trinajstić information content (AvgIpc) is 2.81. The number of likely N-dealkylation sites (tertiary alicyclic amines) is 1. The van der Waals surface area contributed by atoms with E-state index < -0.39 is 11.6 Å². The van der Waals surface area contributed by atoms with Gasteiger partial charge in [-0.25, -0.2) is 4.99 Å². The van der Waals surface area contributed by atoms with Crippen molar-refractivity contribution in [2.24, 2.45) is 16.6 Å². The lowest BCUT2D eigenvalue weighted by Crippen LogP contribution is -2.53. The summed E-state index contributed by atoms with van der Waals surface area (Å²) in [7, 11) is 0. The summed E-state index contributed by atoms with van der Waals surface area (Å²) >= 11 is 0. The first-order valence-electron chi connectivity index (χ1n) is 8.15. The summed E-state index contributed by atoms with van der Waals surface area (Å²) in [4.78, 5) is 30.3. The van der Waals surface area contributed by atoms with Gasteiger partial charge >= 0.3 is 0 Å². The fourth-order valence-electron chi connectivity index (χ4n) is 3.82. The molecule has 122 valence electrons. The molecule has 0 bridgehead atoms. The number of carbonyl (C=O) groups excluding carboxylic acids is 2. The molecule has 1 aliphatic carbocycles. The van der Waals surface area contributed by atoms with E-state index in [9.17, 15) is 14.7 Å². The van der Waals surface area contributed by atoms with Crippen molar-refractivity contribution in [3.8, 4) is 0 Å². The van der Waals surface area contributed by atoms with E-state index in [1.807, 2.05) is 0 Å². The Labute approximate surface area is 129 Å². The molecule has 1 saturated carbocycles. The van der Waals surface area contributed by atoms with Crippen LogP contribution in [0.5, 0.6) is 0 Å². The Morgan fingerprint density at radius 2 is 1.95 bits per heavy atom. The highest BCUT2D eigenvalue weighted by Crippen LogP contribution is 2.31. The van der Waals surface area contributed by atoms with Crippen molar-refractivity contribution in [3.63, 3.8) is 0 Å². The van der Waals surface area contributed by atoms with E-state index in [1.165, 1.54) is 6.42 Å². The number of guanidine groups is 1. The number of carbonyl (C=O) groups is 2. The van der Waals surface area contributed by atoms with Crippen LogP contribution in [0.2, 0.25) is 0 Å². The Kier molecular flexibility index (Phi) is 4.08. The van der Waals surface area contributed by atoms with E-state index >= 15 is 0 Å². The third kappa shape index (κ3) is 2.69. The predicted molar refractivity (Wildman–Crippen MR) is 80.9 cm³/mol. The van der Waals surface area contributed by atoms with Gasteiger partial charge in [0.15, 0.2) is 5.96 Å². The molecule has 1 atom stereocenters. The Balaban J connectivity index is 1.59. The lowest BCUT2D eigenvalue weighted by Gasteiger charge is -2.37. The largest absolute Gasteiger partial charge is 0.383 e. The van der Waals surface area contributed by atoms with Crippen LogP contribution < -0.4 is 11.1 Å². The second kappa shape index (κ2) is 5.87. The minimum absolute atomic E-state index is 0.0839. The van der Waals surface area contributed by atoms with Crippen molar-refractivity contribution in [1.82, 2.24) is 10.2 Å². The normalized spacial score (nSPS) is 26.7. The van der Waals surface area contributed by atoms with Gasteiger partial charge in [-0.1, -0.05) is 19.3 Å². The van der Waals surface area contributed by atoms with Crippen molar-refractivity contribution >= 4 is 17.8 Å². The summed E-state index contributed by atoms with van der Waals surface area (Å²) in [6.07, 6.45) is 5.24. The van der Waals surface area contributed by atoms with Crippen LogP contribution in [0, 0.1) is 5.92 Å². The van der Waals surface area contributed by atoms with Gasteiger partial charge < -0.3 is 15.7 Å². The fourth-order valence-corrected chi connectivity index (χ4v) is 3.82. The Morgan fingerprint density at radius 3 is 2.50 bits per heavy atom. The van der Waals surface area contributed by atoms with Crippen LogP contribution in [0.15, 0.2) is 4.99 Å². The van der Waals surface area contributed by atoms with Gasteiger partial charge in [0.05, 0.1) is 0 Å². The first-order chi connectivity index (χ1) is 10.5. The van der Waals surface area contributed by atoms with Gasteiger partial charge in [-0.05, 0) is 31.6 Å². The number of hydrogen-bond donors (Lipinski definition) is 3. The van der Waals surface area contributed by atoms with Gasteiger partial charge in [-0.15, -0.1) is 0 Å². The first kappa shape index (κ1) is 15.3. The molecule has 7 nitrogen and oxygen atoms in total. The first-order valence-corrected chi connectivity index (χ1v) is 8.15. The van der Waals surface area contributed by atoms with Crippen LogP contribution in [-0.4, -0.2) is 52.5 Å². The number of piperidine rings is 1. The van der Waals surface area contributed by atoms with Gasteiger partial charge in [0.2, 0.25) is 0 Å². The lowest BCUT2D eigenvalue weighted by atomic mass is 9.83. The molecule has 7 heteroatoms. The topological polar surface area (TPSA) is 108 Å². The van der Waals surface area contributed by atoms with Crippen LogP contribution in [0.4, 0.5) is 0 Å². The molecular formula is C15H24N4O3. The molecule has 3 aliphatic rings. The zero-order valence-corrected chi connectivity index (χ0v) is 12.8. The van der Waals surface area contributed by atoms with Crippen molar-refractivity contribution < 1.29 is 14.7 Å². The zero-order valence-electron chi connectivity index (χ0n) is 12.8. The van der Waals surface area contributed by atoms with Crippen molar-refractivity contribution in [2.45, 2.75) is 56.6 Å². The van der Waals surface area contributed by atoms with Crippen LogP contribution in [0.25, 0.3) is 0 Å². The van der Waals surface area contributed by atoms with Crippen molar-refractivity contribution in [2.75, 3.05) is 13.1 Å². The molecule has 2 heterocycles. The number of hydrogen-bond acceptors (Lipinski definition) is 5. The van der Waals surface area contributed by atoms with Gasteiger partial charge in [0, 0.05) is 13.1 Å². The molecule has 2 amide bonds. The maximum Gasteiger partial charge on any atom is 0.254 e. The van der Waals surface area contributed by atoms with E-state index in [0.29, 0.717) is 25.9 Å². The third-order valence-corrected chi connectivity index (χ3v) is 5.25. The summed E-state index contributed by atoms with van der Waals surface area (Å²) < 4.78 is 0. The summed E-state index contributed by atoms with van der Waals surface area (Å²) in [5.74, 6) is -0.130. The molecule has 22 heavy (non-hydrogen) atoms. The molecule has 0 aromatic heterocycles. The van der Waals surface area contributed by atoms with Gasteiger partial charge in [0.25, 0.3) is 11.8 Å². The number of nitrogens with two attached hydrogens (primary N) is 1. The predicted octanol–water partition coefficient (Wildman–Crippen LogP) is -0.267. The van der Waals surface area contributed by atoms with Crippen LogP contribution in [0.1, 0.15) is 44.9 Å². The molecule has 1 saturated heterocycles. The molecule has 2 fully saturated rings. The molecule has 2 aliphatic heterocycles. The van der Waals surface area contributed by atoms with Crippen molar-refractivity contribution in [3.05, 3.63) is 0 Å². The second-order valence-electron chi connectivity index (χ2n) is 6.65. The molecular weight excluding hydrogens is 284 g/mol. The standard InChI is InChI=1S/C15H24N4O3/c16-14-17-13(22)15(18-14)6-8-19(9-7-15)12(21)11(20)10-4-2-1-3-5-10/h10-11,20H,1-9H2,(H3,16,17,18,22)/t11-/m1/s1. The molecule has 0 aromatic rings. The second-order valence-corrected chi connectivity index (χ2v) is 6.65. The molecule has 4 N–H and O–H groups in total. The summed E-state index contributed by atoms with van der Waals surface area (Å²) in [6, 6.07) is 0. The third-order valence-electron chi connectivity index (χ3n) is 5.25. The Morgan fingerprint density at radius 1 is 1.32 bits per heavy atom. The molecule has 3 rings (SSSR count). The van der Waals surface area contributed by atoms with Crippen LogP contribution >= 0.6 is 0 Å². The Bertz CT molecular complexity index is 491. The van der Waals surface area contributed by atoms with Crippen molar-refractivity contribution in [1.29, 1.82) is 0 Å². The SMILES string of the molecule is NC1=NC2(CCN(C(=O)[C@H](O)C3CCCCC3)CC2)C(=O)N1. The molecule has 0 unspecified atom stereocenters. The molecule has 1 spiro atoms. The number of nitrogens with one attached hydrogen (secondary N) is 1. The van der Waals surface area contributed by atoms with Gasteiger partial charge in [-0.2, -0.15) is 0 Å². The maximum atomic E-state index is 12.5. The smallest absolute Gasteiger partial charge is 0.254 e. The monoisotopic (exact) mass is 308 g/mol.